The lowest BCUT2D eigenvalue weighted by atomic mass is 9.93. The molecule has 0 fully saturated rings. The number of nitrogens with one attached hydrogen (secondary N) is 1. The van der Waals surface area contributed by atoms with Gasteiger partial charge in [-0.1, -0.05) is 6.08 Å². The predicted molar refractivity (Wildman–Crippen MR) is 106 cm³/mol. The number of H-pyrrole nitrogens is 1. The Hall–Kier alpha value is -2.16. The van der Waals surface area contributed by atoms with Crippen molar-refractivity contribution in [2.75, 3.05) is 26.5 Å². The highest BCUT2D eigenvalue weighted by atomic mass is 32.2. The van der Waals surface area contributed by atoms with Crippen LogP contribution >= 0.6 is 11.3 Å². The van der Waals surface area contributed by atoms with Crippen LogP contribution in [-0.4, -0.2) is 44.2 Å². The van der Waals surface area contributed by atoms with Gasteiger partial charge in [-0.15, -0.1) is 11.3 Å². The number of thiophene rings is 1. The predicted octanol–water partition coefficient (Wildman–Crippen LogP) is 2.80. The highest BCUT2D eigenvalue weighted by Gasteiger charge is 2.24. The summed E-state index contributed by atoms with van der Waals surface area (Å²) < 4.78 is 31.3. The van der Waals surface area contributed by atoms with E-state index in [1.807, 2.05) is 29.7 Å². The van der Waals surface area contributed by atoms with Crippen molar-refractivity contribution in [2.24, 2.45) is 0 Å². The average molecular weight is 390 g/mol. The van der Waals surface area contributed by atoms with E-state index in [9.17, 15) is 13.2 Å². The maximum absolute atomic E-state index is 12.3. The molecule has 0 atom stereocenters. The molecule has 0 bridgehead atoms. The molecule has 4 rings (SSSR count). The molecule has 0 saturated heterocycles. The lowest BCUT2D eigenvalue weighted by Gasteiger charge is -2.25. The molecule has 1 N–H and O–H groups in total. The van der Waals surface area contributed by atoms with Crippen LogP contribution in [0.3, 0.4) is 0 Å². The Morgan fingerprint density at radius 1 is 1.27 bits per heavy atom. The summed E-state index contributed by atoms with van der Waals surface area (Å²) in [6, 6.07) is 5.64. The summed E-state index contributed by atoms with van der Waals surface area (Å²) in [5, 5.41) is 3.75. The zero-order chi connectivity index (χ0) is 18.5. The van der Waals surface area contributed by atoms with E-state index in [4.69, 9.17) is 4.74 Å². The number of hydrogen-bond donors (Lipinski definition) is 1. The van der Waals surface area contributed by atoms with Gasteiger partial charge >= 0.3 is 0 Å². The maximum atomic E-state index is 12.3. The van der Waals surface area contributed by atoms with E-state index in [1.54, 1.807) is 7.11 Å². The smallest absolute Gasteiger partial charge is 0.266 e. The minimum Gasteiger partial charge on any atom is -0.496 e. The maximum Gasteiger partial charge on any atom is 0.266 e. The number of pyridine rings is 1. The Labute approximate surface area is 154 Å². The van der Waals surface area contributed by atoms with Gasteiger partial charge < -0.3 is 9.72 Å². The highest BCUT2D eigenvalue weighted by molar-refractivity contribution is 7.88. The van der Waals surface area contributed by atoms with Crippen molar-refractivity contribution in [1.29, 1.82) is 0 Å². The first-order valence-electron chi connectivity index (χ1n) is 8.15. The molecule has 8 heteroatoms. The summed E-state index contributed by atoms with van der Waals surface area (Å²) in [4.78, 5) is 15.2. The zero-order valence-electron chi connectivity index (χ0n) is 14.4. The monoisotopic (exact) mass is 390 g/mol. The van der Waals surface area contributed by atoms with E-state index in [2.05, 4.69) is 4.98 Å². The van der Waals surface area contributed by atoms with Crippen LogP contribution in [0.1, 0.15) is 12.0 Å². The van der Waals surface area contributed by atoms with Gasteiger partial charge in [-0.05, 0) is 35.6 Å². The van der Waals surface area contributed by atoms with Crippen molar-refractivity contribution in [1.82, 2.24) is 9.29 Å². The SMILES string of the molecule is COc1ccc2[nH]c(=O)c3sccc3c2c1C1=CCN(S(C)(=O)=O)CC1. The lowest BCUT2D eigenvalue weighted by Crippen LogP contribution is -2.33. The van der Waals surface area contributed by atoms with E-state index in [-0.39, 0.29) is 5.56 Å². The molecular weight excluding hydrogens is 372 g/mol. The van der Waals surface area contributed by atoms with Gasteiger partial charge in [0.05, 0.1) is 13.4 Å². The first-order valence-corrected chi connectivity index (χ1v) is 10.9. The third kappa shape index (κ3) is 2.74. The second-order valence-electron chi connectivity index (χ2n) is 6.28. The van der Waals surface area contributed by atoms with E-state index >= 15 is 0 Å². The van der Waals surface area contributed by atoms with Crippen molar-refractivity contribution in [3.63, 3.8) is 0 Å². The quantitative estimate of drug-likeness (QED) is 0.746. The molecular formula is C18H18N2O4S2. The number of methoxy groups -OCH3 is 1. The largest absolute Gasteiger partial charge is 0.496 e. The third-order valence-electron chi connectivity index (χ3n) is 4.74. The number of hydrogen-bond acceptors (Lipinski definition) is 5. The molecule has 2 aromatic heterocycles. The van der Waals surface area contributed by atoms with Crippen LogP contribution in [0, 0.1) is 0 Å². The summed E-state index contributed by atoms with van der Waals surface area (Å²) >= 11 is 1.41. The van der Waals surface area contributed by atoms with Gasteiger partial charge in [-0.25, -0.2) is 8.42 Å². The summed E-state index contributed by atoms with van der Waals surface area (Å²) in [7, 11) is -1.59. The topological polar surface area (TPSA) is 79.5 Å². The normalized spacial score (nSPS) is 16.2. The molecule has 0 radical (unpaired) electrons. The number of ether oxygens (including phenoxy) is 1. The van der Waals surface area contributed by atoms with E-state index in [0.717, 1.165) is 33.2 Å². The Bertz CT molecular complexity index is 1210. The van der Waals surface area contributed by atoms with Crippen molar-refractivity contribution in [2.45, 2.75) is 6.42 Å². The number of rotatable bonds is 3. The fraction of sp³-hybridized carbons (Fsp3) is 0.278. The van der Waals surface area contributed by atoms with Crippen LogP contribution in [0.5, 0.6) is 5.75 Å². The zero-order valence-corrected chi connectivity index (χ0v) is 16.0. The third-order valence-corrected chi connectivity index (χ3v) is 6.92. The summed E-state index contributed by atoms with van der Waals surface area (Å²) in [6.07, 6.45) is 3.75. The molecule has 1 aromatic carbocycles. The van der Waals surface area contributed by atoms with E-state index in [0.29, 0.717) is 24.2 Å². The fourth-order valence-electron chi connectivity index (χ4n) is 3.50. The number of sulfonamides is 1. The average Bonchev–Trinajstić information content (AvgIpc) is 3.11. The molecule has 3 heterocycles. The molecule has 0 spiro atoms. The van der Waals surface area contributed by atoms with Crippen LogP contribution in [-0.2, 0) is 10.0 Å². The molecule has 0 aliphatic carbocycles. The Kier molecular flexibility index (Phi) is 4.13. The molecule has 0 unspecified atom stereocenters. The van der Waals surface area contributed by atoms with E-state index < -0.39 is 10.0 Å². The van der Waals surface area contributed by atoms with Crippen LogP contribution in [0.25, 0.3) is 26.6 Å². The Balaban J connectivity index is 1.98. The fourth-order valence-corrected chi connectivity index (χ4v) is 5.06. The number of fused-ring (bicyclic) bond motifs is 3. The van der Waals surface area contributed by atoms with Gasteiger partial charge in [0.25, 0.3) is 5.56 Å². The van der Waals surface area contributed by atoms with Crippen molar-refractivity contribution in [3.05, 3.63) is 45.6 Å². The second-order valence-corrected chi connectivity index (χ2v) is 9.18. The summed E-state index contributed by atoms with van der Waals surface area (Å²) in [5.74, 6) is 0.719. The number of benzene rings is 1. The van der Waals surface area contributed by atoms with Gasteiger partial charge in [-0.2, -0.15) is 4.31 Å². The summed E-state index contributed by atoms with van der Waals surface area (Å²) in [6.45, 7) is 0.768. The highest BCUT2D eigenvalue weighted by Crippen LogP contribution is 2.39. The molecule has 136 valence electrons. The molecule has 1 aliphatic rings. The van der Waals surface area contributed by atoms with E-state index in [1.165, 1.54) is 21.9 Å². The number of nitrogens with zero attached hydrogens (tertiary/aromatic N) is 1. The van der Waals surface area contributed by atoms with Crippen molar-refractivity contribution < 1.29 is 13.2 Å². The van der Waals surface area contributed by atoms with Gasteiger partial charge in [0, 0.05) is 34.9 Å². The van der Waals surface area contributed by atoms with Crippen LogP contribution in [0.2, 0.25) is 0 Å². The number of aromatic amines is 1. The Morgan fingerprint density at radius 3 is 2.73 bits per heavy atom. The second kappa shape index (κ2) is 6.22. The van der Waals surface area contributed by atoms with Gasteiger partial charge in [0.2, 0.25) is 10.0 Å². The van der Waals surface area contributed by atoms with Gasteiger partial charge in [0.15, 0.2) is 0 Å². The summed E-state index contributed by atoms with van der Waals surface area (Å²) in [5.41, 5.74) is 2.62. The van der Waals surface area contributed by atoms with Crippen LogP contribution in [0.4, 0.5) is 0 Å². The molecule has 26 heavy (non-hydrogen) atoms. The standard InChI is InChI=1S/C18H18N2O4S2/c1-24-14-4-3-13-16(12-7-10-25-17(12)18(21)19-13)15(14)11-5-8-20(9-6-11)26(2,22)23/h3-5,7,10H,6,8-9H2,1-2H3,(H,19,21). The lowest BCUT2D eigenvalue weighted by molar-refractivity contribution is 0.412. The minimum absolute atomic E-state index is 0.0977. The van der Waals surface area contributed by atoms with Gasteiger partial charge in [0.1, 0.15) is 10.4 Å². The van der Waals surface area contributed by atoms with Crippen LogP contribution in [0.15, 0.2) is 34.4 Å². The first-order chi connectivity index (χ1) is 12.4. The van der Waals surface area contributed by atoms with Crippen molar-refractivity contribution in [3.8, 4) is 5.75 Å². The Morgan fingerprint density at radius 2 is 2.08 bits per heavy atom. The molecule has 6 nitrogen and oxygen atoms in total. The first kappa shape index (κ1) is 17.3. The molecule has 0 saturated carbocycles. The number of aromatic nitrogens is 1. The molecule has 1 aliphatic heterocycles. The molecule has 3 aromatic rings. The minimum atomic E-state index is -3.21. The van der Waals surface area contributed by atoms with Crippen molar-refractivity contribution >= 4 is 47.9 Å². The van der Waals surface area contributed by atoms with Crippen LogP contribution < -0.4 is 10.3 Å². The molecule has 0 amide bonds. The van der Waals surface area contributed by atoms with Gasteiger partial charge in [-0.3, -0.25) is 4.79 Å².